The molecule has 0 aliphatic heterocycles. The van der Waals surface area contributed by atoms with Crippen molar-refractivity contribution in [2.45, 2.75) is 43.4 Å². The summed E-state index contributed by atoms with van der Waals surface area (Å²) >= 11 is 2.93. The number of thiophene rings is 1. The Hall–Kier alpha value is -2.66. The number of thiazole rings is 1. The number of anilines is 1. The second-order valence-electron chi connectivity index (χ2n) is 9.04. The molecule has 7 nitrogen and oxygen atoms in total. The molecule has 0 spiro atoms. The maximum atomic E-state index is 13.0. The van der Waals surface area contributed by atoms with Gasteiger partial charge in [-0.05, 0) is 56.2 Å². The van der Waals surface area contributed by atoms with Crippen molar-refractivity contribution >= 4 is 55.3 Å². The van der Waals surface area contributed by atoms with Crippen molar-refractivity contribution in [1.82, 2.24) is 14.9 Å². The van der Waals surface area contributed by atoms with Crippen molar-refractivity contribution in [1.29, 1.82) is 0 Å². The molecule has 0 radical (unpaired) electrons. The van der Waals surface area contributed by atoms with E-state index >= 15 is 0 Å². The third kappa shape index (κ3) is 6.81. The lowest BCUT2D eigenvalue weighted by Gasteiger charge is -2.10. The number of fused-ring (bicyclic) bond motifs is 1. The van der Waals surface area contributed by atoms with Crippen molar-refractivity contribution in [3.8, 4) is 21.8 Å². The van der Waals surface area contributed by atoms with E-state index in [1.165, 1.54) is 22.7 Å². The highest BCUT2D eigenvalue weighted by molar-refractivity contribution is 7.87. The van der Waals surface area contributed by atoms with Gasteiger partial charge in [-0.2, -0.15) is 0 Å². The van der Waals surface area contributed by atoms with Crippen LogP contribution in [-0.4, -0.2) is 51.4 Å². The number of nitrogen functional groups attached to an aromatic ring is 1. The number of ether oxygens (including phenoxy) is 1. The Bertz CT molecular complexity index is 1370. The summed E-state index contributed by atoms with van der Waals surface area (Å²) in [6, 6.07) is 9.92. The van der Waals surface area contributed by atoms with Crippen LogP contribution in [0.25, 0.3) is 32.0 Å². The number of esters is 1. The first kappa shape index (κ1) is 27.4. The minimum Gasteiger partial charge on any atom is -0.461 e. The summed E-state index contributed by atoms with van der Waals surface area (Å²) in [5.74, 6) is 0.398. The van der Waals surface area contributed by atoms with Crippen molar-refractivity contribution in [2.24, 2.45) is 0 Å². The van der Waals surface area contributed by atoms with Gasteiger partial charge in [-0.25, -0.2) is 9.97 Å². The standard InChI is InChI=1S/C27H32N4O3S3/c1-4-5-15-37(33)27-24(28)23-20(16-21(30-26(23)36-27)25-29-12-14-35-25)19-10-8-18(9-11-19)17-34-22(32)7-6-13-31(2)3/h8-12,14,16H,4-7,13,15,17,28H2,1-3H3. The van der Waals surface area contributed by atoms with Gasteiger partial charge in [-0.3, -0.25) is 9.00 Å². The van der Waals surface area contributed by atoms with Crippen LogP contribution in [-0.2, 0) is 26.9 Å². The highest BCUT2D eigenvalue weighted by Gasteiger charge is 2.21. The first-order valence-electron chi connectivity index (χ1n) is 12.3. The van der Waals surface area contributed by atoms with E-state index in [0.29, 0.717) is 22.1 Å². The van der Waals surface area contributed by atoms with Gasteiger partial charge in [-0.1, -0.05) is 37.6 Å². The molecular formula is C27H32N4O3S3. The molecule has 196 valence electrons. The lowest BCUT2D eigenvalue weighted by Crippen LogP contribution is -2.15. The van der Waals surface area contributed by atoms with E-state index in [0.717, 1.165) is 63.4 Å². The third-order valence-corrected chi connectivity index (χ3v) is 9.65. The predicted octanol–water partition coefficient (Wildman–Crippen LogP) is 5.96. The zero-order valence-electron chi connectivity index (χ0n) is 21.4. The summed E-state index contributed by atoms with van der Waals surface area (Å²) in [7, 11) is 2.81. The van der Waals surface area contributed by atoms with Gasteiger partial charge in [0, 0.05) is 29.1 Å². The number of nitrogens with two attached hydrogens (primary N) is 1. The fraction of sp³-hybridized carbons (Fsp3) is 0.370. The molecule has 0 saturated carbocycles. The Morgan fingerprint density at radius 2 is 1.97 bits per heavy atom. The van der Waals surface area contributed by atoms with Crippen LogP contribution in [0.3, 0.4) is 0 Å². The zero-order valence-corrected chi connectivity index (χ0v) is 23.8. The third-order valence-electron chi connectivity index (χ3n) is 5.86. The Kier molecular flexibility index (Phi) is 9.42. The monoisotopic (exact) mass is 556 g/mol. The number of benzene rings is 1. The number of hydrogen-bond donors (Lipinski definition) is 1. The van der Waals surface area contributed by atoms with Crippen LogP contribution in [0, 0.1) is 0 Å². The summed E-state index contributed by atoms with van der Waals surface area (Å²) in [6.07, 6.45) is 4.80. The van der Waals surface area contributed by atoms with Gasteiger partial charge in [-0.15, -0.1) is 22.7 Å². The van der Waals surface area contributed by atoms with Crippen LogP contribution in [0.5, 0.6) is 0 Å². The molecule has 1 atom stereocenters. The molecular weight excluding hydrogens is 525 g/mol. The molecule has 0 saturated heterocycles. The Labute approximate surface area is 228 Å². The Morgan fingerprint density at radius 1 is 1.19 bits per heavy atom. The average molecular weight is 557 g/mol. The normalized spacial score (nSPS) is 12.3. The van der Waals surface area contributed by atoms with Gasteiger partial charge in [0.15, 0.2) is 0 Å². The number of aromatic nitrogens is 2. The lowest BCUT2D eigenvalue weighted by atomic mass is 10.0. The quantitative estimate of drug-likeness (QED) is 0.215. The van der Waals surface area contributed by atoms with Crippen LogP contribution in [0.2, 0.25) is 0 Å². The van der Waals surface area contributed by atoms with Crippen LogP contribution in [0.15, 0.2) is 46.1 Å². The molecule has 1 unspecified atom stereocenters. The van der Waals surface area contributed by atoms with Crippen molar-refractivity contribution < 1.29 is 13.7 Å². The maximum Gasteiger partial charge on any atom is 0.306 e. The Balaban J connectivity index is 1.62. The van der Waals surface area contributed by atoms with Crippen molar-refractivity contribution in [3.63, 3.8) is 0 Å². The summed E-state index contributed by atoms with van der Waals surface area (Å²) in [6.45, 7) is 3.17. The number of rotatable bonds is 12. The summed E-state index contributed by atoms with van der Waals surface area (Å²) in [4.78, 5) is 24.1. The second kappa shape index (κ2) is 12.7. The predicted molar refractivity (Wildman–Crippen MR) is 154 cm³/mol. The van der Waals surface area contributed by atoms with Crippen LogP contribution in [0.1, 0.15) is 38.2 Å². The van der Waals surface area contributed by atoms with Gasteiger partial charge < -0.3 is 15.4 Å². The maximum absolute atomic E-state index is 13.0. The Morgan fingerprint density at radius 3 is 2.65 bits per heavy atom. The molecule has 0 fully saturated rings. The van der Waals surface area contributed by atoms with E-state index in [1.54, 1.807) is 6.20 Å². The minimum atomic E-state index is -1.16. The van der Waals surface area contributed by atoms with Crippen LogP contribution < -0.4 is 5.73 Å². The minimum absolute atomic E-state index is 0.190. The molecule has 37 heavy (non-hydrogen) atoms. The van der Waals surface area contributed by atoms with Crippen LogP contribution in [0.4, 0.5) is 5.69 Å². The van der Waals surface area contributed by atoms with E-state index in [2.05, 4.69) is 11.9 Å². The summed E-state index contributed by atoms with van der Waals surface area (Å²) < 4.78 is 19.1. The molecule has 0 amide bonds. The number of carbonyl (C=O) groups is 1. The smallest absolute Gasteiger partial charge is 0.306 e. The van der Waals surface area contributed by atoms with Crippen molar-refractivity contribution in [3.05, 3.63) is 47.5 Å². The lowest BCUT2D eigenvalue weighted by molar-refractivity contribution is -0.145. The number of carbonyl (C=O) groups excluding carboxylic acids is 1. The molecule has 0 bridgehead atoms. The molecule has 1 aromatic carbocycles. The molecule has 2 N–H and O–H groups in total. The van der Waals surface area contributed by atoms with Gasteiger partial charge in [0.2, 0.25) is 0 Å². The van der Waals surface area contributed by atoms with Gasteiger partial charge in [0.25, 0.3) is 0 Å². The van der Waals surface area contributed by atoms with E-state index < -0.39 is 10.8 Å². The molecule has 3 aromatic heterocycles. The first-order chi connectivity index (χ1) is 17.9. The average Bonchev–Trinajstić information content (AvgIpc) is 3.54. The SMILES string of the molecule is CCCCS(=O)c1sc2nc(-c3nccs3)cc(-c3ccc(COC(=O)CCCN(C)C)cc3)c2c1N. The van der Waals surface area contributed by atoms with E-state index in [-0.39, 0.29) is 12.6 Å². The van der Waals surface area contributed by atoms with Gasteiger partial charge >= 0.3 is 5.97 Å². The van der Waals surface area contributed by atoms with Crippen LogP contribution >= 0.6 is 22.7 Å². The molecule has 0 aliphatic carbocycles. The summed E-state index contributed by atoms with van der Waals surface area (Å²) in [5, 5.41) is 3.57. The highest BCUT2D eigenvalue weighted by atomic mass is 32.2. The largest absolute Gasteiger partial charge is 0.461 e. The topological polar surface area (TPSA) is 98.4 Å². The first-order valence-corrected chi connectivity index (χ1v) is 15.3. The van der Waals surface area contributed by atoms with E-state index in [9.17, 15) is 9.00 Å². The van der Waals surface area contributed by atoms with E-state index in [4.69, 9.17) is 15.5 Å². The summed E-state index contributed by atoms with van der Waals surface area (Å²) in [5.41, 5.74) is 10.7. The van der Waals surface area contributed by atoms with Gasteiger partial charge in [0.1, 0.15) is 26.3 Å². The molecule has 10 heteroatoms. The highest BCUT2D eigenvalue weighted by Crippen LogP contribution is 2.43. The number of hydrogen-bond acceptors (Lipinski definition) is 9. The van der Waals surface area contributed by atoms with Gasteiger partial charge in [0.05, 0.1) is 16.5 Å². The molecule has 0 aliphatic rings. The molecule has 4 rings (SSSR count). The number of pyridine rings is 1. The zero-order chi connectivity index (χ0) is 26.4. The fourth-order valence-corrected chi connectivity index (χ4v) is 7.27. The number of unbranched alkanes of at least 4 members (excludes halogenated alkanes) is 1. The molecule has 4 aromatic rings. The molecule has 3 heterocycles. The van der Waals surface area contributed by atoms with Crippen molar-refractivity contribution in [2.75, 3.05) is 32.1 Å². The second-order valence-corrected chi connectivity index (χ2v) is 12.7. The number of nitrogens with zero attached hydrogens (tertiary/aromatic N) is 3. The fourth-order valence-electron chi connectivity index (χ4n) is 3.88. The van der Waals surface area contributed by atoms with E-state index in [1.807, 2.05) is 54.7 Å².